The number of nitrogens with zero attached hydrogens (tertiary/aromatic N) is 1. The van der Waals surface area contributed by atoms with Gasteiger partial charge < -0.3 is 10.2 Å². The second-order valence-electron chi connectivity index (χ2n) is 5.88. The Morgan fingerprint density at radius 1 is 1.42 bits per heavy atom. The zero-order valence-electron chi connectivity index (χ0n) is 12.0. The predicted molar refractivity (Wildman–Crippen MR) is 76.6 cm³/mol. The Bertz CT molecular complexity index is 522. The number of carbonyl (C=O) groups is 1. The summed E-state index contributed by atoms with van der Waals surface area (Å²) in [5, 5.41) is 3.41. The van der Waals surface area contributed by atoms with Crippen LogP contribution < -0.4 is 5.32 Å². The molecule has 0 unspecified atom stereocenters. The highest BCUT2D eigenvalue weighted by molar-refractivity contribution is 6.01. The lowest BCUT2D eigenvalue weighted by atomic mass is 9.89. The molecule has 1 amide bonds. The fourth-order valence-electron chi connectivity index (χ4n) is 3.29. The highest BCUT2D eigenvalue weighted by Gasteiger charge is 2.39. The van der Waals surface area contributed by atoms with Crippen molar-refractivity contribution in [1.29, 1.82) is 0 Å². The van der Waals surface area contributed by atoms with Gasteiger partial charge in [0, 0.05) is 25.2 Å². The fraction of sp³-hybridized carbons (Fsp3) is 0.562. The van der Waals surface area contributed by atoms with E-state index in [2.05, 4.69) is 38.2 Å². The molecule has 3 nitrogen and oxygen atoms in total. The van der Waals surface area contributed by atoms with Gasteiger partial charge in [-0.05, 0) is 29.0 Å². The van der Waals surface area contributed by atoms with Gasteiger partial charge in [0.1, 0.15) is 0 Å². The van der Waals surface area contributed by atoms with Gasteiger partial charge in [-0.25, -0.2) is 0 Å². The molecule has 2 aliphatic rings. The number of carbonyl (C=O) groups excluding carboxylic acids is 1. The zero-order valence-corrected chi connectivity index (χ0v) is 12.0. The van der Waals surface area contributed by atoms with Crippen LogP contribution in [-0.4, -0.2) is 30.4 Å². The third kappa shape index (κ3) is 1.88. The van der Waals surface area contributed by atoms with Crippen LogP contribution in [0.2, 0.25) is 0 Å². The van der Waals surface area contributed by atoms with Gasteiger partial charge >= 0.3 is 0 Å². The summed E-state index contributed by atoms with van der Waals surface area (Å²) in [6.07, 6.45) is 1.03. The fourth-order valence-corrected chi connectivity index (χ4v) is 3.29. The minimum Gasteiger partial charge on any atom is -0.329 e. The Labute approximate surface area is 115 Å². The first-order valence-electron chi connectivity index (χ1n) is 7.31. The van der Waals surface area contributed by atoms with Crippen LogP contribution in [0, 0.1) is 0 Å². The molecular weight excluding hydrogens is 236 g/mol. The number of hydrogen-bond donors (Lipinski definition) is 1. The summed E-state index contributed by atoms with van der Waals surface area (Å²) >= 11 is 0. The molecule has 0 spiro atoms. The second-order valence-corrected chi connectivity index (χ2v) is 5.88. The van der Waals surface area contributed by atoms with E-state index in [0.717, 1.165) is 31.6 Å². The third-order valence-corrected chi connectivity index (χ3v) is 4.37. The summed E-state index contributed by atoms with van der Waals surface area (Å²) in [4.78, 5) is 14.7. The third-order valence-electron chi connectivity index (χ3n) is 4.37. The van der Waals surface area contributed by atoms with E-state index in [9.17, 15) is 4.79 Å². The lowest BCUT2D eigenvalue weighted by Gasteiger charge is -2.30. The van der Waals surface area contributed by atoms with Crippen LogP contribution in [-0.2, 0) is 6.42 Å². The topological polar surface area (TPSA) is 32.3 Å². The van der Waals surface area contributed by atoms with Gasteiger partial charge in [-0.1, -0.05) is 32.9 Å². The van der Waals surface area contributed by atoms with Crippen LogP contribution >= 0.6 is 0 Å². The largest absolute Gasteiger partial charge is 0.329 e. The zero-order chi connectivity index (χ0) is 13.6. The molecule has 0 radical (unpaired) electrons. The summed E-state index contributed by atoms with van der Waals surface area (Å²) in [6.45, 7) is 9.17. The Balaban J connectivity index is 2.17. The van der Waals surface area contributed by atoms with E-state index in [1.54, 1.807) is 0 Å². The molecule has 1 atom stereocenters. The molecule has 2 aliphatic heterocycles. The minimum absolute atomic E-state index is 0.243. The van der Waals surface area contributed by atoms with E-state index in [0.29, 0.717) is 5.92 Å². The molecule has 0 saturated carbocycles. The van der Waals surface area contributed by atoms with Crippen molar-refractivity contribution in [2.75, 3.05) is 19.6 Å². The first-order chi connectivity index (χ1) is 9.13. The molecule has 1 N–H and O–H groups in total. The van der Waals surface area contributed by atoms with Crippen molar-refractivity contribution in [3.63, 3.8) is 0 Å². The molecule has 1 saturated heterocycles. The second kappa shape index (κ2) is 4.64. The molecule has 0 aliphatic carbocycles. The van der Waals surface area contributed by atoms with Crippen molar-refractivity contribution >= 4 is 5.91 Å². The molecule has 2 heterocycles. The van der Waals surface area contributed by atoms with E-state index < -0.39 is 0 Å². The summed E-state index contributed by atoms with van der Waals surface area (Å²) in [7, 11) is 0. The molecule has 3 heteroatoms. The predicted octanol–water partition coefficient (Wildman–Crippen LogP) is 2.47. The summed E-state index contributed by atoms with van der Waals surface area (Å²) in [6, 6.07) is 4.73. The van der Waals surface area contributed by atoms with Gasteiger partial charge in [-0.2, -0.15) is 0 Å². The van der Waals surface area contributed by atoms with Gasteiger partial charge in [0.2, 0.25) is 0 Å². The molecule has 0 bridgehead atoms. The number of nitrogens with one attached hydrogen (secondary N) is 1. The van der Waals surface area contributed by atoms with Gasteiger partial charge in [0.25, 0.3) is 5.91 Å². The molecular formula is C16H22N2O. The van der Waals surface area contributed by atoms with Crippen molar-refractivity contribution < 1.29 is 4.79 Å². The number of aryl methyl sites for hydroxylation is 1. The number of piperazine rings is 1. The Hall–Kier alpha value is -1.35. The smallest absolute Gasteiger partial charge is 0.255 e. The molecule has 1 aromatic rings. The van der Waals surface area contributed by atoms with Crippen LogP contribution in [0.1, 0.15) is 59.8 Å². The van der Waals surface area contributed by atoms with Crippen LogP contribution in [0.15, 0.2) is 12.1 Å². The van der Waals surface area contributed by atoms with Crippen LogP contribution in [0.5, 0.6) is 0 Å². The molecule has 0 aromatic heterocycles. The van der Waals surface area contributed by atoms with Gasteiger partial charge in [0.15, 0.2) is 0 Å². The highest BCUT2D eigenvalue weighted by Crippen LogP contribution is 2.39. The van der Waals surface area contributed by atoms with Crippen molar-refractivity contribution in [2.24, 2.45) is 0 Å². The SMILES string of the molecule is CCc1cc(C(C)C)c2c(c1)[C@H]1CNCCN1C2=O. The van der Waals surface area contributed by atoms with Crippen LogP contribution in [0.4, 0.5) is 0 Å². The van der Waals surface area contributed by atoms with Crippen LogP contribution in [0.25, 0.3) is 0 Å². The average Bonchev–Trinajstić information content (AvgIpc) is 2.72. The monoisotopic (exact) mass is 258 g/mol. The van der Waals surface area contributed by atoms with Gasteiger partial charge in [-0.3, -0.25) is 4.79 Å². The molecule has 102 valence electrons. The van der Waals surface area contributed by atoms with E-state index >= 15 is 0 Å². The summed E-state index contributed by atoms with van der Waals surface area (Å²) < 4.78 is 0. The van der Waals surface area contributed by atoms with Crippen LogP contribution in [0.3, 0.4) is 0 Å². The lowest BCUT2D eigenvalue weighted by molar-refractivity contribution is 0.0690. The first kappa shape index (κ1) is 12.7. The minimum atomic E-state index is 0.243. The average molecular weight is 258 g/mol. The molecule has 19 heavy (non-hydrogen) atoms. The number of benzene rings is 1. The van der Waals surface area contributed by atoms with Gasteiger partial charge in [0.05, 0.1) is 6.04 Å². The van der Waals surface area contributed by atoms with Crippen molar-refractivity contribution in [3.05, 3.63) is 34.4 Å². The van der Waals surface area contributed by atoms with Crippen molar-refractivity contribution in [3.8, 4) is 0 Å². The maximum atomic E-state index is 12.7. The highest BCUT2D eigenvalue weighted by atomic mass is 16.2. The van der Waals surface area contributed by atoms with E-state index in [1.807, 2.05) is 4.90 Å². The maximum absolute atomic E-state index is 12.7. The standard InChI is InChI=1S/C16H22N2O/c1-4-11-7-12(10(2)3)15-13(8-11)14-9-17-5-6-18(14)16(15)19/h7-8,10,14,17H,4-6,9H2,1-3H3/t14-/m1/s1. The molecule has 1 aromatic carbocycles. The van der Waals surface area contributed by atoms with Crippen molar-refractivity contribution in [1.82, 2.24) is 10.2 Å². The number of rotatable bonds is 2. The van der Waals surface area contributed by atoms with Gasteiger partial charge in [-0.15, -0.1) is 0 Å². The normalized spacial score (nSPS) is 21.8. The number of hydrogen-bond acceptors (Lipinski definition) is 2. The summed E-state index contributed by atoms with van der Waals surface area (Å²) in [5.41, 5.74) is 4.82. The number of amides is 1. The maximum Gasteiger partial charge on any atom is 0.255 e. The lowest BCUT2D eigenvalue weighted by Crippen LogP contribution is -2.44. The molecule has 1 fully saturated rings. The molecule has 3 rings (SSSR count). The Morgan fingerprint density at radius 3 is 2.89 bits per heavy atom. The van der Waals surface area contributed by atoms with E-state index in [1.165, 1.54) is 16.7 Å². The first-order valence-corrected chi connectivity index (χ1v) is 7.31. The Kier molecular flexibility index (Phi) is 3.09. The van der Waals surface area contributed by atoms with E-state index in [-0.39, 0.29) is 11.9 Å². The number of fused-ring (bicyclic) bond motifs is 3. The quantitative estimate of drug-likeness (QED) is 0.884. The summed E-state index contributed by atoms with van der Waals surface area (Å²) in [5.74, 6) is 0.645. The van der Waals surface area contributed by atoms with Crippen molar-refractivity contribution in [2.45, 2.75) is 39.2 Å². The van der Waals surface area contributed by atoms with E-state index in [4.69, 9.17) is 0 Å². The Morgan fingerprint density at radius 2 is 2.21 bits per heavy atom.